The normalized spacial score (nSPS) is 12.9. The first-order valence-corrected chi connectivity index (χ1v) is 11.7. The molecule has 7 heteroatoms. The molecule has 0 bridgehead atoms. The molecule has 1 aliphatic carbocycles. The van der Waals surface area contributed by atoms with Crippen molar-refractivity contribution in [1.29, 1.82) is 0 Å². The van der Waals surface area contributed by atoms with E-state index < -0.39 is 15.8 Å². The second kappa shape index (κ2) is 8.07. The van der Waals surface area contributed by atoms with E-state index in [1.807, 2.05) is 18.2 Å². The Kier molecular flexibility index (Phi) is 5.47. The zero-order chi connectivity index (χ0) is 21.3. The lowest BCUT2D eigenvalue weighted by molar-refractivity contribution is -0.116. The number of anilines is 2. The van der Waals surface area contributed by atoms with Crippen molar-refractivity contribution in [3.05, 3.63) is 71.5 Å². The molecule has 0 saturated heterocycles. The van der Waals surface area contributed by atoms with Crippen LogP contribution < -0.4 is 9.62 Å². The highest BCUT2D eigenvalue weighted by Gasteiger charge is 2.19. The van der Waals surface area contributed by atoms with Gasteiger partial charge in [-0.1, -0.05) is 30.3 Å². The van der Waals surface area contributed by atoms with Gasteiger partial charge in [0.15, 0.2) is 0 Å². The molecule has 1 amide bonds. The number of nitrogens with one attached hydrogen (secondary N) is 1. The van der Waals surface area contributed by atoms with E-state index in [9.17, 15) is 17.6 Å². The number of sulfonamides is 1. The van der Waals surface area contributed by atoms with Gasteiger partial charge in [0.25, 0.3) is 0 Å². The zero-order valence-electron chi connectivity index (χ0n) is 16.7. The molecule has 0 saturated carbocycles. The number of halogens is 1. The van der Waals surface area contributed by atoms with E-state index in [1.54, 1.807) is 0 Å². The third-order valence-electron chi connectivity index (χ3n) is 5.41. The number of benzene rings is 3. The van der Waals surface area contributed by atoms with Gasteiger partial charge in [0, 0.05) is 24.0 Å². The first kappa shape index (κ1) is 20.3. The summed E-state index contributed by atoms with van der Waals surface area (Å²) in [6.45, 7) is 0.0968. The molecule has 156 valence electrons. The van der Waals surface area contributed by atoms with Gasteiger partial charge in [-0.2, -0.15) is 0 Å². The molecule has 3 aromatic carbocycles. The number of nitrogens with zero attached hydrogens (tertiary/aromatic N) is 1. The highest BCUT2D eigenvalue weighted by atomic mass is 32.2. The van der Waals surface area contributed by atoms with E-state index in [2.05, 4.69) is 17.4 Å². The lowest BCUT2D eigenvalue weighted by Crippen LogP contribution is -2.31. The van der Waals surface area contributed by atoms with E-state index in [0.29, 0.717) is 6.42 Å². The fourth-order valence-electron chi connectivity index (χ4n) is 4.07. The first-order valence-electron chi connectivity index (χ1n) is 9.89. The predicted molar refractivity (Wildman–Crippen MR) is 118 cm³/mol. The summed E-state index contributed by atoms with van der Waals surface area (Å²) in [4.78, 5) is 12.5. The Hall–Kier alpha value is -2.93. The van der Waals surface area contributed by atoms with Crippen LogP contribution in [0.3, 0.4) is 0 Å². The molecule has 30 heavy (non-hydrogen) atoms. The van der Waals surface area contributed by atoms with Gasteiger partial charge in [0.2, 0.25) is 15.9 Å². The minimum Gasteiger partial charge on any atom is -0.326 e. The summed E-state index contributed by atoms with van der Waals surface area (Å²) in [5, 5.41) is 5.22. The molecule has 1 aliphatic rings. The van der Waals surface area contributed by atoms with E-state index >= 15 is 0 Å². The van der Waals surface area contributed by atoms with E-state index in [4.69, 9.17) is 0 Å². The zero-order valence-corrected chi connectivity index (χ0v) is 17.5. The average Bonchev–Trinajstić information content (AvgIpc) is 3.11. The topological polar surface area (TPSA) is 66.5 Å². The average molecular weight is 427 g/mol. The largest absolute Gasteiger partial charge is 0.326 e. The van der Waals surface area contributed by atoms with Crippen molar-refractivity contribution in [3.63, 3.8) is 0 Å². The Balaban J connectivity index is 1.43. The van der Waals surface area contributed by atoms with Crippen LogP contribution in [0.4, 0.5) is 15.8 Å². The molecular weight excluding hydrogens is 403 g/mol. The van der Waals surface area contributed by atoms with Crippen LogP contribution in [-0.4, -0.2) is 27.1 Å². The maximum atomic E-state index is 13.5. The Morgan fingerprint density at radius 2 is 1.80 bits per heavy atom. The van der Waals surface area contributed by atoms with E-state index in [1.165, 1.54) is 40.8 Å². The van der Waals surface area contributed by atoms with Crippen molar-refractivity contribution in [2.75, 3.05) is 22.4 Å². The van der Waals surface area contributed by atoms with Gasteiger partial charge >= 0.3 is 0 Å². The van der Waals surface area contributed by atoms with Crippen LogP contribution in [0.15, 0.2) is 54.6 Å². The summed E-state index contributed by atoms with van der Waals surface area (Å²) >= 11 is 0. The summed E-state index contributed by atoms with van der Waals surface area (Å²) in [7, 11) is -3.59. The lowest BCUT2D eigenvalue weighted by atomic mass is 10.0. The van der Waals surface area contributed by atoms with Crippen LogP contribution in [0.2, 0.25) is 0 Å². The van der Waals surface area contributed by atoms with Crippen molar-refractivity contribution in [2.24, 2.45) is 0 Å². The minimum atomic E-state index is -3.59. The smallest absolute Gasteiger partial charge is 0.232 e. The molecule has 0 unspecified atom stereocenters. The monoisotopic (exact) mass is 426 g/mol. The Morgan fingerprint density at radius 1 is 1.07 bits per heavy atom. The maximum Gasteiger partial charge on any atom is 0.232 e. The first-order chi connectivity index (χ1) is 14.3. The van der Waals surface area contributed by atoms with Crippen molar-refractivity contribution in [1.82, 2.24) is 0 Å². The molecule has 4 rings (SSSR count). The third kappa shape index (κ3) is 4.16. The Labute approximate surface area is 175 Å². The standard InChI is InChI=1S/C23H23FN2O3S/c1-30(28,29)26(19-7-3-6-18(24)15-19)14-4-9-22(27)25-21-13-12-17-11-10-16-5-2-8-20(21)23(16)17/h2-3,5-8,12-13,15H,4,9-11,14H2,1H3,(H,25,27). The summed E-state index contributed by atoms with van der Waals surface area (Å²) in [6.07, 6.45) is 3.59. The second-order valence-electron chi connectivity index (χ2n) is 7.58. The Bertz CT molecular complexity index is 1210. The van der Waals surface area contributed by atoms with Crippen molar-refractivity contribution < 1.29 is 17.6 Å². The van der Waals surface area contributed by atoms with Gasteiger partial charge in [0.1, 0.15) is 5.82 Å². The fraction of sp³-hybridized carbons (Fsp3) is 0.261. The molecule has 3 aromatic rings. The van der Waals surface area contributed by atoms with Crippen LogP contribution in [0.1, 0.15) is 24.0 Å². The third-order valence-corrected chi connectivity index (χ3v) is 6.61. The molecule has 0 spiro atoms. The predicted octanol–water partition coefficient (Wildman–Crippen LogP) is 4.26. The van der Waals surface area contributed by atoms with Gasteiger partial charge in [-0.15, -0.1) is 0 Å². The summed E-state index contributed by atoms with van der Waals surface area (Å²) in [5.41, 5.74) is 3.63. The van der Waals surface area contributed by atoms with Crippen molar-refractivity contribution in [2.45, 2.75) is 25.7 Å². The van der Waals surface area contributed by atoms with Crippen molar-refractivity contribution >= 4 is 38.1 Å². The molecule has 0 aromatic heterocycles. The Morgan fingerprint density at radius 3 is 2.53 bits per heavy atom. The SMILES string of the molecule is CS(=O)(=O)N(CCCC(=O)Nc1ccc2c3c(cccc13)CC2)c1cccc(F)c1. The molecule has 0 fully saturated rings. The molecular formula is C23H23FN2O3S. The molecule has 0 aliphatic heterocycles. The maximum absolute atomic E-state index is 13.5. The minimum absolute atomic E-state index is 0.0968. The van der Waals surface area contributed by atoms with Crippen LogP contribution in [0.5, 0.6) is 0 Å². The quantitative estimate of drug-likeness (QED) is 0.614. The molecule has 0 radical (unpaired) electrons. The fourth-order valence-corrected chi connectivity index (χ4v) is 5.03. The van der Waals surface area contributed by atoms with Gasteiger partial charge in [-0.25, -0.2) is 12.8 Å². The molecule has 0 heterocycles. The van der Waals surface area contributed by atoms with E-state index in [0.717, 1.165) is 34.5 Å². The highest BCUT2D eigenvalue weighted by Crippen LogP contribution is 2.35. The van der Waals surface area contributed by atoms with Crippen LogP contribution in [-0.2, 0) is 27.7 Å². The number of hydrogen-bond acceptors (Lipinski definition) is 3. The summed E-state index contributed by atoms with van der Waals surface area (Å²) in [6, 6.07) is 15.6. The summed E-state index contributed by atoms with van der Waals surface area (Å²) in [5.74, 6) is -0.688. The highest BCUT2D eigenvalue weighted by molar-refractivity contribution is 7.92. The number of hydrogen-bond donors (Lipinski definition) is 1. The van der Waals surface area contributed by atoms with Crippen LogP contribution >= 0.6 is 0 Å². The van der Waals surface area contributed by atoms with Gasteiger partial charge in [0.05, 0.1) is 11.9 Å². The lowest BCUT2D eigenvalue weighted by Gasteiger charge is -2.22. The number of amides is 1. The van der Waals surface area contributed by atoms with Crippen LogP contribution in [0, 0.1) is 5.82 Å². The molecule has 0 atom stereocenters. The van der Waals surface area contributed by atoms with E-state index in [-0.39, 0.29) is 24.6 Å². The van der Waals surface area contributed by atoms with Gasteiger partial charge in [-0.3, -0.25) is 9.10 Å². The number of carbonyl (C=O) groups is 1. The number of carbonyl (C=O) groups excluding carboxylic acids is 1. The van der Waals surface area contributed by atoms with Gasteiger partial charge < -0.3 is 5.32 Å². The number of aryl methyl sites for hydroxylation is 2. The molecule has 1 N–H and O–H groups in total. The van der Waals surface area contributed by atoms with Crippen molar-refractivity contribution in [3.8, 4) is 0 Å². The summed E-state index contributed by atoms with van der Waals surface area (Å²) < 4.78 is 38.9. The van der Waals surface area contributed by atoms with Crippen LogP contribution in [0.25, 0.3) is 10.8 Å². The number of rotatable bonds is 7. The molecule has 5 nitrogen and oxygen atoms in total. The second-order valence-corrected chi connectivity index (χ2v) is 9.49. The van der Waals surface area contributed by atoms with Gasteiger partial charge in [-0.05, 0) is 60.0 Å².